The Morgan fingerprint density at radius 2 is 2.10 bits per heavy atom. The molecule has 1 aromatic heterocycles. The maximum atomic E-state index is 6.33. The summed E-state index contributed by atoms with van der Waals surface area (Å²) in [6.07, 6.45) is 6.61. The Morgan fingerprint density at radius 1 is 1.30 bits per heavy atom. The Kier molecular flexibility index (Phi) is 4.47. The molecule has 3 rings (SSSR count). The van der Waals surface area contributed by atoms with Gasteiger partial charge in [0, 0.05) is 25.7 Å². The lowest BCUT2D eigenvalue weighted by Gasteiger charge is -2.22. The highest BCUT2D eigenvalue weighted by molar-refractivity contribution is 6.31. The van der Waals surface area contributed by atoms with Gasteiger partial charge < -0.3 is 5.32 Å². The fourth-order valence-electron chi connectivity index (χ4n) is 2.55. The first-order valence-electron chi connectivity index (χ1n) is 7.89. The summed E-state index contributed by atoms with van der Waals surface area (Å²) in [7, 11) is 0. The SMILES string of the molecule is CCCNc1ccc(Cl)c(CN(CC2CC2)C2CC2)n1. The first kappa shape index (κ1) is 14.2. The van der Waals surface area contributed by atoms with Gasteiger partial charge in [-0.25, -0.2) is 4.98 Å². The normalized spacial score (nSPS) is 18.6. The molecule has 2 aliphatic carbocycles. The lowest BCUT2D eigenvalue weighted by atomic mass is 10.2. The molecule has 0 amide bonds. The summed E-state index contributed by atoms with van der Waals surface area (Å²) in [5.41, 5.74) is 1.03. The molecule has 3 nitrogen and oxygen atoms in total. The number of nitrogens with zero attached hydrogens (tertiary/aromatic N) is 2. The van der Waals surface area contributed by atoms with Crippen molar-refractivity contribution in [2.24, 2.45) is 5.92 Å². The smallest absolute Gasteiger partial charge is 0.126 e. The van der Waals surface area contributed by atoms with Crippen molar-refractivity contribution in [3.8, 4) is 0 Å². The van der Waals surface area contributed by atoms with Crippen LogP contribution in [0.4, 0.5) is 5.82 Å². The van der Waals surface area contributed by atoms with Gasteiger partial charge in [-0.2, -0.15) is 0 Å². The van der Waals surface area contributed by atoms with E-state index in [2.05, 4.69) is 17.1 Å². The van der Waals surface area contributed by atoms with Crippen LogP contribution >= 0.6 is 11.6 Å². The number of pyridine rings is 1. The zero-order valence-electron chi connectivity index (χ0n) is 12.2. The lowest BCUT2D eigenvalue weighted by molar-refractivity contribution is 0.241. The predicted molar refractivity (Wildman–Crippen MR) is 84.2 cm³/mol. The van der Waals surface area contributed by atoms with E-state index in [1.54, 1.807) is 0 Å². The van der Waals surface area contributed by atoms with Crippen molar-refractivity contribution < 1.29 is 0 Å². The van der Waals surface area contributed by atoms with Gasteiger partial charge in [-0.05, 0) is 50.2 Å². The molecule has 0 aliphatic heterocycles. The van der Waals surface area contributed by atoms with E-state index in [9.17, 15) is 0 Å². The number of rotatable bonds is 8. The number of anilines is 1. The third-order valence-corrected chi connectivity index (χ3v) is 4.42. The molecule has 0 atom stereocenters. The van der Waals surface area contributed by atoms with E-state index in [1.807, 2.05) is 12.1 Å². The van der Waals surface area contributed by atoms with E-state index in [4.69, 9.17) is 16.6 Å². The second-order valence-corrected chi connectivity index (χ2v) is 6.56. The third kappa shape index (κ3) is 3.86. The van der Waals surface area contributed by atoms with Crippen LogP contribution in [-0.4, -0.2) is 29.0 Å². The molecule has 1 N–H and O–H groups in total. The molecular weight excluding hydrogens is 270 g/mol. The molecule has 2 aliphatic rings. The van der Waals surface area contributed by atoms with Gasteiger partial charge in [0.1, 0.15) is 5.82 Å². The van der Waals surface area contributed by atoms with Gasteiger partial charge in [0.15, 0.2) is 0 Å². The minimum atomic E-state index is 0.778. The van der Waals surface area contributed by atoms with Gasteiger partial charge in [0.25, 0.3) is 0 Å². The van der Waals surface area contributed by atoms with Crippen LogP contribution in [0.5, 0.6) is 0 Å². The minimum Gasteiger partial charge on any atom is -0.370 e. The van der Waals surface area contributed by atoms with Crippen molar-refractivity contribution in [2.45, 2.75) is 51.6 Å². The summed E-state index contributed by atoms with van der Waals surface area (Å²) in [5.74, 6) is 1.88. The van der Waals surface area contributed by atoms with E-state index in [0.29, 0.717) is 0 Å². The summed E-state index contributed by atoms with van der Waals surface area (Å²) < 4.78 is 0. The first-order valence-corrected chi connectivity index (χ1v) is 8.27. The highest BCUT2D eigenvalue weighted by Gasteiger charge is 2.34. The monoisotopic (exact) mass is 293 g/mol. The standard InChI is InChI=1S/C16H24ClN3/c1-2-9-18-16-8-7-14(17)15(19-16)11-20(13-5-6-13)10-12-3-4-12/h7-8,12-13H,2-6,9-11H2,1H3,(H,18,19). The largest absolute Gasteiger partial charge is 0.370 e. The molecule has 0 aromatic carbocycles. The van der Waals surface area contributed by atoms with E-state index in [1.165, 1.54) is 32.2 Å². The highest BCUT2D eigenvalue weighted by Crippen LogP contribution is 2.36. The average Bonchev–Trinajstić information content (AvgIpc) is 3.31. The molecule has 2 fully saturated rings. The highest BCUT2D eigenvalue weighted by atomic mass is 35.5. The van der Waals surface area contributed by atoms with Gasteiger partial charge in [-0.15, -0.1) is 0 Å². The van der Waals surface area contributed by atoms with E-state index >= 15 is 0 Å². The Labute approximate surface area is 126 Å². The molecule has 0 radical (unpaired) electrons. The number of nitrogens with one attached hydrogen (secondary N) is 1. The lowest BCUT2D eigenvalue weighted by Crippen LogP contribution is -2.28. The van der Waals surface area contributed by atoms with Crippen LogP contribution in [-0.2, 0) is 6.54 Å². The maximum Gasteiger partial charge on any atom is 0.126 e. The third-order valence-electron chi connectivity index (χ3n) is 4.08. The second-order valence-electron chi connectivity index (χ2n) is 6.16. The number of hydrogen-bond donors (Lipinski definition) is 1. The van der Waals surface area contributed by atoms with E-state index < -0.39 is 0 Å². The van der Waals surface area contributed by atoms with Crippen LogP contribution in [0.25, 0.3) is 0 Å². The quantitative estimate of drug-likeness (QED) is 0.787. The fourth-order valence-corrected chi connectivity index (χ4v) is 2.72. The molecule has 2 saturated carbocycles. The summed E-state index contributed by atoms with van der Waals surface area (Å²) >= 11 is 6.33. The van der Waals surface area contributed by atoms with Crippen molar-refractivity contribution in [1.29, 1.82) is 0 Å². The molecule has 1 aromatic rings. The van der Waals surface area contributed by atoms with Crippen molar-refractivity contribution in [1.82, 2.24) is 9.88 Å². The maximum absolute atomic E-state index is 6.33. The first-order chi connectivity index (χ1) is 9.76. The van der Waals surface area contributed by atoms with Crippen LogP contribution in [0.3, 0.4) is 0 Å². The van der Waals surface area contributed by atoms with Crippen LogP contribution in [0.15, 0.2) is 12.1 Å². The molecule has 110 valence electrons. The van der Waals surface area contributed by atoms with Gasteiger partial charge in [-0.1, -0.05) is 18.5 Å². The Balaban J connectivity index is 1.66. The molecule has 20 heavy (non-hydrogen) atoms. The topological polar surface area (TPSA) is 28.2 Å². The Morgan fingerprint density at radius 3 is 2.75 bits per heavy atom. The zero-order chi connectivity index (χ0) is 13.9. The summed E-state index contributed by atoms with van der Waals surface area (Å²) in [6, 6.07) is 4.73. The Hall–Kier alpha value is -0.800. The number of aromatic nitrogens is 1. The van der Waals surface area contributed by atoms with Gasteiger partial charge in [0.05, 0.1) is 10.7 Å². The van der Waals surface area contributed by atoms with E-state index in [0.717, 1.165) is 48.0 Å². The van der Waals surface area contributed by atoms with Crippen molar-refractivity contribution in [3.63, 3.8) is 0 Å². The molecule has 4 heteroatoms. The van der Waals surface area contributed by atoms with Crippen LogP contribution in [0.2, 0.25) is 5.02 Å². The van der Waals surface area contributed by atoms with Crippen molar-refractivity contribution in [3.05, 3.63) is 22.8 Å². The predicted octanol–water partition coefficient (Wildman–Crippen LogP) is 3.93. The summed E-state index contributed by atoms with van der Waals surface area (Å²) in [4.78, 5) is 7.30. The molecule has 0 unspecified atom stereocenters. The molecule has 0 saturated heterocycles. The zero-order valence-corrected chi connectivity index (χ0v) is 13.0. The van der Waals surface area contributed by atoms with Crippen LogP contribution < -0.4 is 5.32 Å². The number of halogens is 1. The van der Waals surface area contributed by atoms with Gasteiger partial charge in [0.2, 0.25) is 0 Å². The molecule has 1 heterocycles. The minimum absolute atomic E-state index is 0.778. The van der Waals surface area contributed by atoms with Crippen molar-refractivity contribution in [2.75, 3.05) is 18.4 Å². The van der Waals surface area contributed by atoms with Crippen LogP contribution in [0, 0.1) is 5.92 Å². The summed E-state index contributed by atoms with van der Waals surface area (Å²) in [5, 5.41) is 4.14. The second kappa shape index (κ2) is 6.31. The average molecular weight is 294 g/mol. The van der Waals surface area contributed by atoms with Gasteiger partial charge >= 0.3 is 0 Å². The Bertz CT molecular complexity index is 455. The molecule has 0 spiro atoms. The molecule has 0 bridgehead atoms. The number of hydrogen-bond acceptors (Lipinski definition) is 3. The van der Waals surface area contributed by atoms with Crippen molar-refractivity contribution >= 4 is 17.4 Å². The fraction of sp³-hybridized carbons (Fsp3) is 0.688. The van der Waals surface area contributed by atoms with Gasteiger partial charge in [-0.3, -0.25) is 4.90 Å². The summed E-state index contributed by atoms with van der Waals surface area (Å²) in [6.45, 7) is 5.26. The molecular formula is C16H24ClN3. The van der Waals surface area contributed by atoms with E-state index in [-0.39, 0.29) is 0 Å². The van der Waals surface area contributed by atoms with Crippen LogP contribution in [0.1, 0.15) is 44.7 Å².